The van der Waals surface area contributed by atoms with Gasteiger partial charge in [-0.3, -0.25) is 20.2 Å². The third-order valence-electron chi connectivity index (χ3n) is 2.73. The summed E-state index contributed by atoms with van der Waals surface area (Å²) in [4.78, 5) is 22.2. The maximum Gasteiger partial charge on any atom is 0.324 e. The second-order valence-corrected chi connectivity index (χ2v) is 5.77. The molecule has 0 unspecified atom stereocenters. The average molecular weight is 351 g/mol. The Labute approximate surface area is 137 Å². The first-order chi connectivity index (χ1) is 11.0. The number of hydrogen-bond donors (Lipinski definition) is 1. The molecule has 0 aliphatic rings. The van der Waals surface area contributed by atoms with Gasteiger partial charge in [0, 0.05) is 16.7 Å². The molecule has 116 valence electrons. The number of benzene rings is 1. The molecule has 3 rings (SSSR count). The van der Waals surface area contributed by atoms with Crippen LogP contribution in [-0.4, -0.2) is 21.0 Å². The standard InChI is InChI=1S/C13H7ClN4O4S/c14-8-3-1-7(2-4-8)12-16-17-13(22-12)15-11(19)9-5-6-10(23-9)18(20)21/h1-6H,(H,15,17,19). The van der Waals surface area contributed by atoms with Gasteiger partial charge in [0.15, 0.2) is 0 Å². The zero-order valence-electron chi connectivity index (χ0n) is 11.2. The third-order valence-corrected chi connectivity index (χ3v) is 4.02. The lowest BCUT2D eigenvalue weighted by Crippen LogP contribution is -2.10. The number of halogens is 1. The molecular formula is C13H7ClN4O4S. The van der Waals surface area contributed by atoms with Crippen LogP contribution in [0.25, 0.3) is 11.5 Å². The van der Waals surface area contributed by atoms with E-state index in [-0.39, 0.29) is 21.8 Å². The number of amides is 1. The normalized spacial score (nSPS) is 10.5. The molecule has 0 radical (unpaired) electrons. The van der Waals surface area contributed by atoms with Crippen LogP contribution in [0.2, 0.25) is 5.02 Å². The highest BCUT2D eigenvalue weighted by Gasteiger charge is 2.17. The largest absolute Gasteiger partial charge is 0.403 e. The number of aromatic nitrogens is 2. The number of hydrogen-bond acceptors (Lipinski definition) is 7. The molecule has 10 heteroatoms. The van der Waals surface area contributed by atoms with E-state index in [1.807, 2.05) is 0 Å². The van der Waals surface area contributed by atoms with Gasteiger partial charge in [0.05, 0.1) is 9.80 Å². The number of carbonyl (C=O) groups excluding carboxylic acids is 1. The molecule has 0 atom stereocenters. The van der Waals surface area contributed by atoms with Crippen LogP contribution in [0.1, 0.15) is 9.67 Å². The Bertz CT molecular complexity index is 874. The van der Waals surface area contributed by atoms with Gasteiger partial charge < -0.3 is 4.42 Å². The summed E-state index contributed by atoms with van der Waals surface area (Å²) in [5.74, 6) is -0.344. The zero-order chi connectivity index (χ0) is 16.4. The Morgan fingerprint density at radius 1 is 1.22 bits per heavy atom. The van der Waals surface area contributed by atoms with E-state index in [1.54, 1.807) is 24.3 Å². The third kappa shape index (κ3) is 3.35. The lowest BCUT2D eigenvalue weighted by atomic mass is 10.2. The van der Waals surface area contributed by atoms with Crippen LogP contribution in [0.3, 0.4) is 0 Å². The molecule has 8 nitrogen and oxygen atoms in total. The van der Waals surface area contributed by atoms with E-state index in [4.69, 9.17) is 16.0 Å². The summed E-state index contributed by atoms with van der Waals surface area (Å²) in [5.41, 5.74) is 0.647. The van der Waals surface area contributed by atoms with Gasteiger partial charge in [-0.05, 0) is 30.3 Å². The van der Waals surface area contributed by atoms with Gasteiger partial charge >= 0.3 is 11.0 Å². The molecule has 1 aromatic carbocycles. The van der Waals surface area contributed by atoms with Crippen LogP contribution in [0.4, 0.5) is 11.0 Å². The highest BCUT2D eigenvalue weighted by molar-refractivity contribution is 7.17. The maximum absolute atomic E-state index is 12.0. The fourth-order valence-electron chi connectivity index (χ4n) is 1.69. The number of carbonyl (C=O) groups is 1. The van der Waals surface area contributed by atoms with Crippen LogP contribution < -0.4 is 5.32 Å². The highest BCUT2D eigenvalue weighted by Crippen LogP contribution is 2.25. The van der Waals surface area contributed by atoms with Crippen molar-refractivity contribution in [3.8, 4) is 11.5 Å². The first-order valence-corrected chi connectivity index (χ1v) is 7.37. The monoisotopic (exact) mass is 350 g/mol. The molecule has 23 heavy (non-hydrogen) atoms. The number of anilines is 1. The van der Waals surface area contributed by atoms with Gasteiger partial charge in [0.1, 0.15) is 0 Å². The van der Waals surface area contributed by atoms with E-state index in [1.165, 1.54) is 12.1 Å². The van der Waals surface area contributed by atoms with Crippen molar-refractivity contribution >= 4 is 39.9 Å². The van der Waals surface area contributed by atoms with Crippen molar-refractivity contribution in [1.82, 2.24) is 10.2 Å². The molecule has 0 aliphatic carbocycles. The highest BCUT2D eigenvalue weighted by atomic mass is 35.5. The summed E-state index contributed by atoms with van der Waals surface area (Å²) < 4.78 is 5.33. The summed E-state index contributed by atoms with van der Waals surface area (Å²) in [6.45, 7) is 0. The summed E-state index contributed by atoms with van der Waals surface area (Å²) in [6.07, 6.45) is 0. The number of nitrogens with zero attached hydrogens (tertiary/aromatic N) is 3. The lowest BCUT2D eigenvalue weighted by Gasteiger charge is -1.96. The minimum Gasteiger partial charge on any atom is -0.403 e. The van der Waals surface area contributed by atoms with Crippen LogP contribution in [-0.2, 0) is 0 Å². The van der Waals surface area contributed by atoms with Crippen molar-refractivity contribution in [3.05, 3.63) is 56.4 Å². The summed E-state index contributed by atoms with van der Waals surface area (Å²) in [7, 11) is 0. The van der Waals surface area contributed by atoms with Crippen LogP contribution in [0.5, 0.6) is 0 Å². The Morgan fingerprint density at radius 3 is 2.61 bits per heavy atom. The van der Waals surface area contributed by atoms with Crippen molar-refractivity contribution < 1.29 is 14.1 Å². The molecule has 0 spiro atoms. The van der Waals surface area contributed by atoms with E-state index in [0.29, 0.717) is 10.6 Å². The van der Waals surface area contributed by atoms with Gasteiger partial charge in [-0.15, -0.1) is 5.10 Å². The zero-order valence-corrected chi connectivity index (χ0v) is 12.8. The molecule has 2 heterocycles. The van der Waals surface area contributed by atoms with Gasteiger partial charge in [0.2, 0.25) is 5.89 Å². The minimum atomic E-state index is -0.563. The van der Waals surface area contributed by atoms with E-state index in [9.17, 15) is 14.9 Å². The number of nitro groups is 1. The molecule has 3 aromatic rings. The molecule has 0 fully saturated rings. The molecule has 1 amide bonds. The van der Waals surface area contributed by atoms with Gasteiger partial charge in [-0.2, -0.15) is 0 Å². The van der Waals surface area contributed by atoms with E-state index in [2.05, 4.69) is 15.5 Å². The Hall–Kier alpha value is -2.78. The predicted octanol–water partition coefficient (Wildman–Crippen LogP) is 3.61. The molecule has 0 saturated heterocycles. The molecule has 0 aliphatic heterocycles. The Kier molecular flexibility index (Phi) is 4.04. The molecule has 1 N–H and O–H groups in total. The Morgan fingerprint density at radius 2 is 1.96 bits per heavy atom. The van der Waals surface area contributed by atoms with Crippen molar-refractivity contribution in [2.75, 3.05) is 5.32 Å². The quantitative estimate of drug-likeness (QED) is 0.568. The first kappa shape index (κ1) is 15.1. The minimum absolute atomic E-state index is 0.101. The number of nitrogens with one attached hydrogen (secondary N) is 1. The SMILES string of the molecule is O=C(Nc1nnc(-c2ccc(Cl)cc2)o1)c1ccc([N+](=O)[O-])s1. The van der Waals surface area contributed by atoms with E-state index < -0.39 is 10.8 Å². The smallest absolute Gasteiger partial charge is 0.324 e. The molecule has 0 saturated carbocycles. The van der Waals surface area contributed by atoms with Gasteiger partial charge in [-0.1, -0.05) is 28.0 Å². The number of thiophene rings is 1. The fraction of sp³-hybridized carbons (Fsp3) is 0. The maximum atomic E-state index is 12.0. The molecule has 2 aromatic heterocycles. The summed E-state index contributed by atoms with van der Waals surface area (Å²) in [5, 5.41) is 21.0. The Balaban J connectivity index is 1.74. The second kappa shape index (κ2) is 6.15. The number of rotatable bonds is 4. The van der Waals surface area contributed by atoms with Crippen molar-refractivity contribution in [2.24, 2.45) is 0 Å². The molecule has 0 bridgehead atoms. The van der Waals surface area contributed by atoms with Gasteiger partial charge in [-0.25, -0.2) is 0 Å². The van der Waals surface area contributed by atoms with Gasteiger partial charge in [0.25, 0.3) is 5.91 Å². The lowest BCUT2D eigenvalue weighted by molar-refractivity contribution is -0.380. The predicted molar refractivity (Wildman–Crippen MR) is 83.7 cm³/mol. The topological polar surface area (TPSA) is 111 Å². The van der Waals surface area contributed by atoms with Crippen molar-refractivity contribution in [1.29, 1.82) is 0 Å². The first-order valence-electron chi connectivity index (χ1n) is 6.18. The molecular weight excluding hydrogens is 344 g/mol. The van der Waals surface area contributed by atoms with E-state index in [0.717, 1.165) is 11.3 Å². The van der Waals surface area contributed by atoms with Crippen molar-refractivity contribution in [2.45, 2.75) is 0 Å². The summed E-state index contributed by atoms with van der Waals surface area (Å²) >= 11 is 6.55. The average Bonchev–Trinajstić information content (AvgIpc) is 3.17. The van der Waals surface area contributed by atoms with Crippen molar-refractivity contribution in [3.63, 3.8) is 0 Å². The van der Waals surface area contributed by atoms with Crippen LogP contribution in [0.15, 0.2) is 40.8 Å². The fourth-order valence-corrected chi connectivity index (χ4v) is 2.53. The van der Waals surface area contributed by atoms with E-state index >= 15 is 0 Å². The second-order valence-electron chi connectivity index (χ2n) is 4.27. The van der Waals surface area contributed by atoms with Crippen LogP contribution in [0, 0.1) is 10.1 Å². The van der Waals surface area contributed by atoms with Crippen LogP contribution >= 0.6 is 22.9 Å². The summed E-state index contributed by atoms with van der Waals surface area (Å²) in [6, 6.07) is 9.25.